The molecule has 0 aliphatic heterocycles. The van der Waals surface area contributed by atoms with Crippen molar-refractivity contribution >= 4 is 28.7 Å². The Morgan fingerprint density at radius 3 is 2.54 bits per heavy atom. The first kappa shape index (κ1) is 19.9. The zero-order chi connectivity index (χ0) is 20.1. The summed E-state index contributed by atoms with van der Waals surface area (Å²) in [7, 11) is 3.99. The summed E-state index contributed by atoms with van der Waals surface area (Å²) in [5.41, 5.74) is 6.32. The Balaban J connectivity index is 1.50. The highest BCUT2D eigenvalue weighted by molar-refractivity contribution is 7.13. The molecule has 2 N–H and O–H groups in total. The minimum atomic E-state index is -0.199. The van der Waals surface area contributed by atoms with Crippen LogP contribution in [-0.4, -0.2) is 31.7 Å². The minimum Gasteiger partial charge on any atom is -0.378 e. The summed E-state index contributed by atoms with van der Waals surface area (Å²) in [5.74, 6) is 0. The van der Waals surface area contributed by atoms with E-state index in [1.54, 1.807) is 11.3 Å². The number of anilines is 2. The van der Waals surface area contributed by atoms with Crippen molar-refractivity contribution in [3.8, 4) is 10.6 Å². The molecule has 0 fully saturated rings. The predicted molar refractivity (Wildman–Crippen MR) is 119 cm³/mol. The normalized spacial score (nSPS) is 10.6. The van der Waals surface area contributed by atoms with Gasteiger partial charge < -0.3 is 15.5 Å². The number of hydrogen-bond acceptors (Lipinski definition) is 4. The monoisotopic (exact) mass is 394 g/mol. The minimum absolute atomic E-state index is 0.199. The number of thiazole rings is 1. The van der Waals surface area contributed by atoms with Crippen LogP contribution in [0.5, 0.6) is 0 Å². The van der Waals surface area contributed by atoms with Crippen LogP contribution in [0.25, 0.3) is 10.6 Å². The molecule has 0 spiro atoms. The lowest BCUT2D eigenvalue weighted by Gasteiger charge is -2.15. The van der Waals surface area contributed by atoms with Gasteiger partial charge in [0, 0.05) is 49.4 Å². The van der Waals surface area contributed by atoms with Crippen molar-refractivity contribution in [1.29, 1.82) is 0 Å². The van der Waals surface area contributed by atoms with Gasteiger partial charge in [-0.05, 0) is 37.6 Å². The SMILES string of the molecule is Cc1ccc(-c2nc(CCNC(=O)Nc3ccc(N(C)C)cc3C)cs2)cc1. The quantitative estimate of drug-likeness (QED) is 0.628. The van der Waals surface area contributed by atoms with Gasteiger partial charge in [0.05, 0.1) is 5.69 Å². The van der Waals surface area contributed by atoms with Crippen molar-refractivity contribution in [3.05, 3.63) is 64.7 Å². The molecule has 0 aliphatic carbocycles. The molecule has 0 saturated carbocycles. The van der Waals surface area contributed by atoms with Gasteiger partial charge in [-0.25, -0.2) is 9.78 Å². The fourth-order valence-corrected chi connectivity index (χ4v) is 3.65. The molecule has 0 unspecified atom stereocenters. The summed E-state index contributed by atoms with van der Waals surface area (Å²) in [6, 6.07) is 14.1. The highest BCUT2D eigenvalue weighted by Crippen LogP contribution is 2.24. The molecule has 3 rings (SSSR count). The lowest BCUT2D eigenvalue weighted by molar-refractivity contribution is 0.252. The van der Waals surface area contributed by atoms with Crippen LogP contribution in [0.15, 0.2) is 47.8 Å². The number of benzene rings is 2. The van der Waals surface area contributed by atoms with E-state index in [0.717, 1.165) is 33.2 Å². The summed E-state index contributed by atoms with van der Waals surface area (Å²) < 4.78 is 0. The largest absolute Gasteiger partial charge is 0.378 e. The molecule has 2 aromatic carbocycles. The van der Waals surface area contributed by atoms with Crippen LogP contribution in [-0.2, 0) is 6.42 Å². The number of nitrogens with one attached hydrogen (secondary N) is 2. The van der Waals surface area contributed by atoms with Crippen LogP contribution in [0.2, 0.25) is 0 Å². The Morgan fingerprint density at radius 2 is 1.86 bits per heavy atom. The third-order valence-corrected chi connectivity index (χ3v) is 5.43. The van der Waals surface area contributed by atoms with E-state index in [9.17, 15) is 4.79 Å². The molecule has 146 valence electrons. The summed E-state index contributed by atoms with van der Waals surface area (Å²) in [6.45, 7) is 4.61. The molecule has 28 heavy (non-hydrogen) atoms. The third-order valence-electron chi connectivity index (χ3n) is 4.49. The van der Waals surface area contributed by atoms with E-state index in [2.05, 4.69) is 58.3 Å². The maximum atomic E-state index is 12.2. The first-order valence-electron chi connectivity index (χ1n) is 9.26. The van der Waals surface area contributed by atoms with Crippen molar-refractivity contribution in [2.24, 2.45) is 0 Å². The number of nitrogens with zero attached hydrogens (tertiary/aromatic N) is 2. The van der Waals surface area contributed by atoms with Crippen molar-refractivity contribution in [2.75, 3.05) is 30.9 Å². The van der Waals surface area contributed by atoms with Crippen LogP contribution >= 0.6 is 11.3 Å². The Bertz CT molecular complexity index is 947. The number of urea groups is 1. The molecule has 1 aromatic heterocycles. The number of hydrogen-bond donors (Lipinski definition) is 2. The van der Waals surface area contributed by atoms with Gasteiger partial charge in [0.1, 0.15) is 5.01 Å². The molecule has 0 bridgehead atoms. The van der Waals surface area contributed by atoms with Crippen molar-refractivity contribution < 1.29 is 4.79 Å². The maximum absolute atomic E-state index is 12.2. The zero-order valence-corrected chi connectivity index (χ0v) is 17.6. The second kappa shape index (κ2) is 8.89. The predicted octanol–water partition coefficient (Wildman–Crippen LogP) is 4.86. The van der Waals surface area contributed by atoms with Crippen molar-refractivity contribution in [1.82, 2.24) is 10.3 Å². The first-order valence-corrected chi connectivity index (χ1v) is 10.1. The van der Waals surface area contributed by atoms with E-state index in [1.165, 1.54) is 5.56 Å². The molecular weight excluding hydrogens is 368 g/mol. The summed E-state index contributed by atoms with van der Waals surface area (Å²) in [6.07, 6.45) is 0.703. The average molecular weight is 395 g/mol. The van der Waals surface area contributed by atoms with Gasteiger partial charge in [0.2, 0.25) is 0 Å². The summed E-state index contributed by atoms with van der Waals surface area (Å²) in [4.78, 5) is 18.9. The van der Waals surface area contributed by atoms with Crippen LogP contribution in [0.1, 0.15) is 16.8 Å². The van der Waals surface area contributed by atoms with Gasteiger partial charge in [0.25, 0.3) is 0 Å². The van der Waals surface area contributed by atoms with Crippen LogP contribution in [0, 0.1) is 13.8 Å². The molecule has 5 nitrogen and oxygen atoms in total. The van der Waals surface area contributed by atoms with Gasteiger partial charge in [-0.15, -0.1) is 11.3 Å². The highest BCUT2D eigenvalue weighted by Gasteiger charge is 2.08. The highest BCUT2D eigenvalue weighted by atomic mass is 32.1. The average Bonchev–Trinajstić information content (AvgIpc) is 3.12. The Labute approximate surface area is 170 Å². The van der Waals surface area contributed by atoms with Crippen LogP contribution in [0.3, 0.4) is 0 Å². The third kappa shape index (κ3) is 5.10. The molecular formula is C22H26N4OS. The van der Waals surface area contributed by atoms with Crippen molar-refractivity contribution in [3.63, 3.8) is 0 Å². The van der Waals surface area contributed by atoms with Crippen LogP contribution < -0.4 is 15.5 Å². The summed E-state index contributed by atoms with van der Waals surface area (Å²) in [5, 5.41) is 8.88. The fourth-order valence-electron chi connectivity index (χ4n) is 2.79. The zero-order valence-electron chi connectivity index (χ0n) is 16.7. The van der Waals surface area contributed by atoms with Gasteiger partial charge in [-0.2, -0.15) is 0 Å². The molecule has 0 atom stereocenters. The molecule has 1 heterocycles. The number of rotatable bonds is 6. The Hall–Kier alpha value is -2.86. The number of aromatic nitrogens is 1. The fraction of sp³-hybridized carbons (Fsp3) is 0.273. The standard InChI is InChI=1S/C22H26N4OS/c1-15-5-7-17(8-6-15)21-24-18(14-28-21)11-12-23-22(27)25-20-10-9-19(26(3)4)13-16(20)2/h5-10,13-14H,11-12H2,1-4H3,(H2,23,25,27). The lowest BCUT2D eigenvalue weighted by Crippen LogP contribution is -2.30. The van der Waals surface area contributed by atoms with E-state index in [4.69, 9.17) is 0 Å². The second-order valence-corrected chi connectivity index (χ2v) is 7.89. The van der Waals surface area contributed by atoms with E-state index < -0.39 is 0 Å². The molecule has 2 amide bonds. The molecule has 0 radical (unpaired) electrons. The molecule has 0 aliphatic rings. The number of carbonyl (C=O) groups is 1. The van der Waals surface area contributed by atoms with Gasteiger partial charge in [-0.1, -0.05) is 29.8 Å². The summed E-state index contributed by atoms with van der Waals surface area (Å²) >= 11 is 1.63. The van der Waals surface area contributed by atoms with Gasteiger partial charge >= 0.3 is 6.03 Å². The van der Waals surface area contributed by atoms with E-state index >= 15 is 0 Å². The number of carbonyl (C=O) groups excluding carboxylic acids is 1. The number of amides is 2. The molecule has 6 heteroatoms. The smallest absolute Gasteiger partial charge is 0.319 e. The van der Waals surface area contributed by atoms with E-state index in [-0.39, 0.29) is 6.03 Å². The lowest BCUT2D eigenvalue weighted by atomic mass is 10.1. The van der Waals surface area contributed by atoms with E-state index in [1.807, 2.05) is 38.1 Å². The Morgan fingerprint density at radius 1 is 1.11 bits per heavy atom. The second-order valence-electron chi connectivity index (χ2n) is 7.03. The maximum Gasteiger partial charge on any atom is 0.319 e. The van der Waals surface area contributed by atoms with E-state index in [0.29, 0.717) is 13.0 Å². The van der Waals surface area contributed by atoms with Gasteiger partial charge in [-0.3, -0.25) is 0 Å². The van der Waals surface area contributed by atoms with Crippen molar-refractivity contribution in [2.45, 2.75) is 20.3 Å². The van der Waals surface area contributed by atoms with Gasteiger partial charge in [0.15, 0.2) is 0 Å². The molecule has 3 aromatic rings. The van der Waals surface area contributed by atoms with Crippen LogP contribution in [0.4, 0.5) is 16.2 Å². The number of aryl methyl sites for hydroxylation is 2. The first-order chi connectivity index (χ1) is 13.4. The Kier molecular flexibility index (Phi) is 6.31. The molecule has 0 saturated heterocycles. The topological polar surface area (TPSA) is 57.3 Å².